The highest BCUT2D eigenvalue weighted by molar-refractivity contribution is 8.00. The summed E-state index contributed by atoms with van der Waals surface area (Å²) in [5.41, 5.74) is 0.677. The SMILES string of the molecule is C=CCn1c(SC(C)C(=O)Nc2ccccc2SC)nc2sccc2c1=O. The Morgan fingerprint density at radius 3 is 2.93 bits per heavy atom. The van der Waals surface area contributed by atoms with E-state index in [2.05, 4.69) is 16.9 Å². The van der Waals surface area contributed by atoms with Crippen LogP contribution in [0.15, 0.2) is 63.2 Å². The number of anilines is 1. The predicted molar refractivity (Wildman–Crippen MR) is 116 cm³/mol. The molecule has 1 amide bonds. The molecular formula is C19H19N3O2S3. The van der Waals surface area contributed by atoms with Crippen molar-refractivity contribution in [2.24, 2.45) is 0 Å². The number of para-hydroxylation sites is 1. The second-order valence-corrected chi connectivity index (χ2v) is 8.74. The molecule has 0 saturated heterocycles. The lowest BCUT2D eigenvalue weighted by molar-refractivity contribution is -0.115. The Morgan fingerprint density at radius 1 is 1.41 bits per heavy atom. The number of nitrogens with one attached hydrogen (secondary N) is 1. The van der Waals surface area contributed by atoms with Crippen LogP contribution in [-0.2, 0) is 11.3 Å². The molecule has 3 rings (SSSR count). The minimum Gasteiger partial charge on any atom is -0.324 e. The van der Waals surface area contributed by atoms with Crippen LogP contribution in [0.5, 0.6) is 0 Å². The van der Waals surface area contributed by atoms with Crippen molar-refractivity contribution >= 4 is 56.7 Å². The number of carbonyl (C=O) groups is 1. The molecule has 3 aromatic rings. The first-order chi connectivity index (χ1) is 13.0. The van der Waals surface area contributed by atoms with E-state index in [0.29, 0.717) is 21.9 Å². The van der Waals surface area contributed by atoms with Gasteiger partial charge in [0.25, 0.3) is 5.56 Å². The third-order valence-electron chi connectivity index (χ3n) is 3.88. The lowest BCUT2D eigenvalue weighted by Crippen LogP contribution is -2.26. The minimum absolute atomic E-state index is 0.107. The van der Waals surface area contributed by atoms with Gasteiger partial charge < -0.3 is 5.32 Å². The number of rotatable bonds is 7. The number of amides is 1. The highest BCUT2D eigenvalue weighted by atomic mass is 32.2. The van der Waals surface area contributed by atoms with Gasteiger partial charge in [0.15, 0.2) is 5.16 Å². The molecule has 1 aromatic carbocycles. The molecule has 1 atom stereocenters. The summed E-state index contributed by atoms with van der Waals surface area (Å²) in [5.74, 6) is -0.132. The zero-order valence-electron chi connectivity index (χ0n) is 15.0. The highest BCUT2D eigenvalue weighted by Crippen LogP contribution is 2.28. The summed E-state index contributed by atoms with van der Waals surface area (Å²) in [6.07, 6.45) is 3.63. The Labute approximate surface area is 169 Å². The zero-order chi connectivity index (χ0) is 19.4. The van der Waals surface area contributed by atoms with Crippen LogP contribution in [0.25, 0.3) is 10.2 Å². The van der Waals surface area contributed by atoms with Gasteiger partial charge in [-0.1, -0.05) is 30.0 Å². The molecule has 0 fully saturated rings. The van der Waals surface area contributed by atoms with Crippen LogP contribution >= 0.6 is 34.9 Å². The van der Waals surface area contributed by atoms with Gasteiger partial charge in [-0.05, 0) is 36.8 Å². The van der Waals surface area contributed by atoms with Gasteiger partial charge in [0, 0.05) is 11.4 Å². The van der Waals surface area contributed by atoms with Gasteiger partial charge in [-0.2, -0.15) is 0 Å². The summed E-state index contributed by atoms with van der Waals surface area (Å²) in [4.78, 5) is 31.6. The maximum atomic E-state index is 12.7. The molecule has 2 aromatic heterocycles. The van der Waals surface area contributed by atoms with Crippen LogP contribution in [-0.4, -0.2) is 27.0 Å². The van der Waals surface area contributed by atoms with Crippen LogP contribution in [0.3, 0.4) is 0 Å². The average molecular weight is 418 g/mol. The van der Waals surface area contributed by atoms with Crippen LogP contribution in [0.2, 0.25) is 0 Å². The van der Waals surface area contributed by atoms with E-state index < -0.39 is 5.25 Å². The van der Waals surface area contributed by atoms with E-state index in [-0.39, 0.29) is 11.5 Å². The number of benzene rings is 1. The molecule has 0 spiro atoms. The standard InChI is InChI=1S/C19H19N3O2S3/c1-4-10-22-18(24)13-9-11-26-17(13)21-19(22)27-12(2)16(23)20-14-7-5-6-8-15(14)25-3/h4-9,11-12H,1,10H2,2-3H3,(H,20,23). The van der Waals surface area contributed by atoms with Crippen LogP contribution in [0.1, 0.15) is 6.92 Å². The number of hydrogen-bond acceptors (Lipinski definition) is 6. The molecule has 1 unspecified atom stereocenters. The van der Waals surface area contributed by atoms with Crippen molar-refractivity contribution < 1.29 is 4.79 Å². The van der Waals surface area contributed by atoms with Gasteiger partial charge in [-0.15, -0.1) is 29.7 Å². The molecule has 5 nitrogen and oxygen atoms in total. The molecule has 0 saturated carbocycles. The van der Waals surface area contributed by atoms with Gasteiger partial charge in [0.1, 0.15) is 4.83 Å². The van der Waals surface area contributed by atoms with E-state index in [4.69, 9.17) is 0 Å². The molecule has 0 bridgehead atoms. The second-order valence-electron chi connectivity index (χ2n) is 5.69. The Bertz CT molecular complexity index is 1040. The summed E-state index contributed by atoms with van der Waals surface area (Å²) >= 11 is 4.27. The summed E-state index contributed by atoms with van der Waals surface area (Å²) in [6, 6.07) is 9.45. The molecule has 0 aliphatic rings. The van der Waals surface area contributed by atoms with Crippen molar-refractivity contribution in [3.63, 3.8) is 0 Å². The minimum atomic E-state index is -0.416. The average Bonchev–Trinajstić information content (AvgIpc) is 3.14. The maximum absolute atomic E-state index is 12.7. The number of thiophene rings is 1. The normalized spacial score (nSPS) is 12.1. The third kappa shape index (κ3) is 4.28. The van der Waals surface area contributed by atoms with E-state index >= 15 is 0 Å². The third-order valence-corrected chi connectivity index (χ3v) is 6.57. The molecule has 0 radical (unpaired) electrons. The zero-order valence-corrected chi connectivity index (χ0v) is 17.4. The molecular weight excluding hydrogens is 398 g/mol. The number of allylic oxidation sites excluding steroid dienone is 1. The van der Waals surface area contributed by atoms with Crippen molar-refractivity contribution in [3.05, 3.63) is 58.7 Å². The lowest BCUT2D eigenvalue weighted by Gasteiger charge is -2.16. The van der Waals surface area contributed by atoms with Crippen molar-refractivity contribution in [1.82, 2.24) is 9.55 Å². The van der Waals surface area contributed by atoms with Crippen LogP contribution in [0.4, 0.5) is 5.69 Å². The topological polar surface area (TPSA) is 64.0 Å². The van der Waals surface area contributed by atoms with E-state index in [1.54, 1.807) is 28.5 Å². The molecule has 8 heteroatoms. The Hall–Kier alpha value is -2.03. The van der Waals surface area contributed by atoms with E-state index in [0.717, 1.165) is 10.6 Å². The molecule has 1 N–H and O–H groups in total. The number of aromatic nitrogens is 2. The highest BCUT2D eigenvalue weighted by Gasteiger charge is 2.20. The van der Waals surface area contributed by atoms with Crippen LogP contribution in [0, 0.1) is 0 Å². The van der Waals surface area contributed by atoms with Gasteiger partial charge in [-0.3, -0.25) is 14.2 Å². The molecule has 2 heterocycles. The largest absolute Gasteiger partial charge is 0.324 e. The summed E-state index contributed by atoms with van der Waals surface area (Å²) in [7, 11) is 0. The fourth-order valence-corrected chi connectivity index (χ4v) is 4.78. The Kier molecular flexibility index (Phi) is 6.41. The molecule has 27 heavy (non-hydrogen) atoms. The molecule has 0 aliphatic heterocycles. The van der Waals surface area contributed by atoms with Gasteiger partial charge in [0.05, 0.1) is 16.3 Å². The predicted octanol–water partition coefficient (Wildman–Crippen LogP) is 4.49. The lowest BCUT2D eigenvalue weighted by atomic mass is 10.3. The first-order valence-electron chi connectivity index (χ1n) is 8.24. The van der Waals surface area contributed by atoms with E-state index in [1.165, 1.54) is 23.1 Å². The molecule has 140 valence electrons. The van der Waals surface area contributed by atoms with Crippen molar-refractivity contribution in [3.8, 4) is 0 Å². The van der Waals surface area contributed by atoms with Crippen molar-refractivity contribution in [2.45, 2.75) is 28.8 Å². The smallest absolute Gasteiger partial charge is 0.263 e. The second kappa shape index (κ2) is 8.77. The van der Waals surface area contributed by atoms with Crippen molar-refractivity contribution in [1.29, 1.82) is 0 Å². The summed E-state index contributed by atoms with van der Waals surface area (Å²) < 4.78 is 1.56. The van der Waals surface area contributed by atoms with Gasteiger partial charge in [0.2, 0.25) is 5.91 Å². The Morgan fingerprint density at radius 2 is 2.19 bits per heavy atom. The van der Waals surface area contributed by atoms with E-state index in [1.807, 2.05) is 42.8 Å². The van der Waals surface area contributed by atoms with Gasteiger partial charge >= 0.3 is 0 Å². The first-order valence-corrected chi connectivity index (χ1v) is 11.2. The van der Waals surface area contributed by atoms with E-state index in [9.17, 15) is 9.59 Å². The summed E-state index contributed by atoms with van der Waals surface area (Å²) in [6.45, 7) is 5.88. The van der Waals surface area contributed by atoms with Crippen molar-refractivity contribution in [2.75, 3.05) is 11.6 Å². The number of nitrogens with zero attached hydrogens (tertiary/aromatic N) is 2. The molecule has 0 aliphatic carbocycles. The maximum Gasteiger partial charge on any atom is 0.263 e. The Balaban J connectivity index is 1.85. The van der Waals surface area contributed by atoms with Gasteiger partial charge in [-0.25, -0.2) is 4.98 Å². The fourth-order valence-electron chi connectivity index (χ4n) is 2.50. The number of hydrogen-bond donors (Lipinski definition) is 1. The summed E-state index contributed by atoms with van der Waals surface area (Å²) in [5, 5.41) is 5.52. The number of fused-ring (bicyclic) bond motifs is 1. The fraction of sp³-hybridized carbons (Fsp3) is 0.211. The first kappa shape index (κ1) is 19.7. The number of thioether (sulfide) groups is 2. The van der Waals surface area contributed by atoms with Crippen LogP contribution < -0.4 is 10.9 Å². The monoisotopic (exact) mass is 417 g/mol. The number of carbonyl (C=O) groups excluding carboxylic acids is 1. The quantitative estimate of drug-likeness (QED) is 0.349.